The van der Waals surface area contributed by atoms with Gasteiger partial charge >= 0.3 is 0 Å². The van der Waals surface area contributed by atoms with E-state index in [2.05, 4.69) is 17.1 Å². The molecule has 1 saturated carbocycles. The van der Waals surface area contributed by atoms with E-state index < -0.39 is 0 Å². The smallest absolute Gasteiger partial charge is 0.0597 e. The van der Waals surface area contributed by atoms with Crippen LogP contribution in [-0.4, -0.2) is 63.0 Å². The van der Waals surface area contributed by atoms with E-state index in [0.29, 0.717) is 6.10 Å². The molecule has 0 aromatic carbocycles. The lowest BCUT2D eigenvalue weighted by atomic mass is 9.93. The summed E-state index contributed by atoms with van der Waals surface area (Å²) in [5.74, 6) is 0. The van der Waals surface area contributed by atoms with Crippen molar-refractivity contribution in [2.45, 2.75) is 44.8 Å². The molecule has 0 bridgehead atoms. The van der Waals surface area contributed by atoms with Gasteiger partial charge < -0.3 is 14.8 Å². The van der Waals surface area contributed by atoms with Gasteiger partial charge in [-0.05, 0) is 32.2 Å². The molecular weight excluding hydrogens is 228 g/mol. The largest absolute Gasteiger partial charge is 0.379 e. The maximum absolute atomic E-state index is 6.00. The number of hydrogen-bond donors (Lipinski definition) is 1. The maximum Gasteiger partial charge on any atom is 0.0597 e. The molecule has 2 fully saturated rings. The first-order chi connectivity index (χ1) is 8.88. The van der Waals surface area contributed by atoms with Crippen LogP contribution in [0.25, 0.3) is 0 Å². The second kappa shape index (κ2) is 8.10. The quantitative estimate of drug-likeness (QED) is 0.775. The summed E-state index contributed by atoms with van der Waals surface area (Å²) < 4.78 is 11.3. The van der Waals surface area contributed by atoms with Crippen LogP contribution in [0.5, 0.6) is 0 Å². The molecule has 4 heteroatoms. The third-order valence-electron chi connectivity index (χ3n) is 4.03. The van der Waals surface area contributed by atoms with Crippen molar-refractivity contribution in [1.82, 2.24) is 10.2 Å². The third-order valence-corrected chi connectivity index (χ3v) is 4.03. The first kappa shape index (κ1) is 14.3. The van der Waals surface area contributed by atoms with Gasteiger partial charge in [-0.25, -0.2) is 0 Å². The standard InChI is InChI=1S/C14H28N2O2/c1-2-15-13-3-5-14(6-4-13)18-12-9-16-7-10-17-11-8-16/h13-15H,2-12H2,1H3. The normalized spacial score (nSPS) is 30.5. The highest BCUT2D eigenvalue weighted by atomic mass is 16.5. The Kier molecular flexibility index (Phi) is 6.41. The Hall–Kier alpha value is -0.160. The molecule has 18 heavy (non-hydrogen) atoms. The summed E-state index contributed by atoms with van der Waals surface area (Å²) in [4.78, 5) is 2.44. The lowest BCUT2D eigenvalue weighted by Gasteiger charge is -2.30. The Balaban J connectivity index is 1.52. The van der Waals surface area contributed by atoms with E-state index in [4.69, 9.17) is 9.47 Å². The van der Waals surface area contributed by atoms with Crippen molar-refractivity contribution in [3.63, 3.8) is 0 Å². The number of rotatable bonds is 6. The van der Waals surface area contributed by atoms with Gasteiger partial charge in [0.25, 0.3) is 0 Å². The minimum absolute atomic E-state index is 0.501. The van der Waals surface area contributed by atoms with E-state index in [1.165, 1.54) is 25.7 Å². The molecule has 0 atom stereocenters. The first-order valence-corrected chi connectivity index (χ1v) is 7.53. The van der Waals surface area contributed by atoms with E-state index in [1.54, 1.807) is 0 Å². The SMILES string of the molecule is CCNC1CCC(OCCN2CCOCC2)CC1. The van der Waals surface area contributed by atoms with Crippen molar-refractivity contribution in [2.75, 3.05) is 46.0 Å². The average Bonchev–Trinajstić information content (AvgIpc) is 2.42. The van der Waals surface area contributed by atoms with Crippen LogP contribution >= 0.6 is 0 Å². The lowest BCUT2D eigenvalue weighted by molar-refractivity contribution is -0.0109. The molecule has 106 valence electrons. The average molecular weight is 256 g/mol. The summed E-state index contributed by atoms with van der Waals surface area (Å²) in [5, 5.41) is 3.54. The Morgan fingerprint density at radius 2 is 1.89 bits per heavy atom. The van der Waals surface area contributed by atoms with Gasteiger partial charge in [-0.2, -0.15) is 0 Å². The van der Waals surface area contributed by atoms with E-state index in [0.717, 1.165) is 52.0 Å². The van der Waals surface area contributed by atoms with Crippen molar-refractivity contribution in [3.8, 4) is 0 Å². The predicted molar refractivity (Wildman–Crippen MR) is 72.9 cm³/mol. The number of hydrogen-bond acceptors (Lipinski definition) is 4. The first-order valence-electron chi connectivity index (χ1n) is 7.53. The summed E-state index contributed by atoms with van der Waals surface area (Å²) >= 11 is 0. The molecule has 0 unspecified atom stereocenters. The van der Waals surface area contributed by atoms with Gasteiger partial charge in [0.1, 0.15) is 0 Å². The molecule has 0 aromatic rings. The number of nitrogens with zero attached hydrogens (tertiary/aromatic N) is 1. The minimum atomic E-state index is 0.501. The van der Waals surface area contributed by atoms with Crippen molar-refractivity contribution >= 4 is 0 Å². The molecule has 1 aliphatic carbocycles. The van der Waals surface area contributed by atoms with Crippen molar-refractivity contribution < 1.29 is 9.47 Å². The number of morpholine rings is 1. The van der Waals surface area contributed by atoms with Gasteiger partial charge in [-0.15, -0.1) is 0 Å². The van der Waals surface area contributed by atoms with E-state index in [9.17, 15) is 0 Å². The van der Waals surface area contributed by atoms with Gasteiger partial charge in [0.05, 0.1) is 25.9 Å². The van der Waals surface area contributed by atoms with Gasteiger partial charge in [0.15, 0.2) is 0 Å². The Bertz CT molecular complexity index is 212. The fraction of sp³-hybridized carbons (Fsp3) is 1.00. The maximum atomic E-state index is 6.00. The van der Waals surface area contributed by atoms with Crippen molar-refractivity contribution in [2.24, 2.45) is 0 Å². The second-order valence-corrected chi connectivity index (χ2v) is 5.36. The molecule has 1 saturated heterocycles. The van der Waals surface area contributed by atoms with Crippen molar-refractivity contribution in [1.29, 1.82) is 0 Å². The molecule has 1 N–H and O–H groups in total. The Morgan fingerprint density at radius 3 is 2.56 bits per heavy atom. The summed E-state index contributed by atoms with van der Waals surface area (Å²) in [7, 11) is 0. The lowest BCUT2D eigenvalue weighted by Crippen LogP contribution is -2.39. The van der Waals surface area contributed by atoms with E-state index in [-0.39, 0.29) is 0 Å². The zero-order chi connectivity index (χ0) is 12.6. The molecule has 2 aliphatic rings. The van der Waals surface area contributed by atoms with Gasteiger partial charge in [-0.1, -0.05) is 6.92 Å². The molecule has 2 rings (SSSR count). The highest BCUT2D eigenvalue weighted by Crippen LogP contribution is 2.21. The molecule has 0 amide bonds. The summed E-state index contributed by atoms with van der Waals surface area (Å²) in [6.07, 6.45) is 5.49. The van der Waals surface area contributed by atoms with Gasteiger partial charge in [0.2, 0.25) is 0 Å². The van der Waals surface area contributed by atoms with Crippen LogP contribution in [0.4, 0.5) is 0 Å². The highest BCUT2D eigenvalue weighted by Gasteiger charge is 2.21. The van der Waals surface area contributed by atoms with E-state index in [1.807, 2.05) is 0 Å². The summed E-state index contributed by atoms with van der Waals surface area (Å²) in [6.45, 7) is 9.12. The van der Waals surface area contributed by atoms with Crippen LogP contribution in [0.3, 0.4) is 0 Å². The van der Waals surface area contributed by atoms with Crippen LogP contribution in [0, 0.1) is 0 Å². The second-order valence-electron chi connectivity index (χ2n) is 5.36. The van der Waals surface area contributed by atoms with E-state index >= 15 is 0 Å². The van der Waals surface area contributed by atoms with Gasteiger partial charge in [-0.3, -0.25) is 4.90 Å². The molecule has 1 aliphatic heterocycles. The monoisotopic (exact) mass is 256 g/mol. The van der Waals surface area contributed by atoms with Crippen LogP contribution in [0.2, 0.25) is 0 Å². The molecule has 4 nitrogen and oxygen atoms in total. The van der Waals surface area contributed by atoms with Crippen molar-refractivity contribution in [3.05, 3.63) is 0 Å². The Morgan fingerprint density at radius 1 is 1.17 bits per heavy atom. The summed E-state index contributed by atoms with van der Waals surface area (Å²) in [6, 6.07) is 0.731. The van der Waals surface area contributed by atoms with Crippen LogP contribution in [0.15, 0.2) is 0 Å². The fourth-order valence-electron chi connectivity index (χ4n) is 2.90. The zero-order valence-electron chi connectivity index (χ0n) is 11.7. The fourth-order valence-corrected chi connectivity index (χ4v) is 2.90. The molecule has 0 aromatic heterocycles. The topological polar surface area (TPSA) is 33.7 Å². The van der Waals surface area contributed by atoms with Crippen LogP contribution < -0.4 is 5.32 Å². The number of nitrogens with one attached hydrogen (secondary N) is 1. The predicted octanol–water partition coefficient (Wildman–Crippen LogP) is 1.26. The summed E-state index contributed by atoms with van der Waals surface area (Å²) in [5.41, 5.74) is 0. The number of ether oxygens (including phenoxy) is 2. The molecular formula is C14H28N2O2. The zero-order valence-corrected chi connectivity index (χ0v) is 11.7. The molecule has 0 spiro atoms. The van der Waals surface area contributed by atoms with Gasteiger partial charge in [0, 0.05) is 25.7 Å². The molecule has 1 heterocycles. The van der Waals surface area contributed by atoms with Crippen LogP contribution in [0.1, 0.15) is 32.6 Å². The minimum Gasteiger partial charge on any atom is -0.379 e. The molecule has 0 radical (unpaired) electrons. The highest BCUT2D eigenvalue weighted by molar-refractivity contribution is 4.77. The Labute approximate surface area is 111 Å². The third kappa shape index (κ3) is 4.84. The van der Waals surface area contributed by atoms with Crippen LogP contribution in [-0.2, 0) is 9.47 Å².